The van der Waals surface area contributed by atoms with E-state index in [1.807, 2.05) is 48.1 Å². The Morgan fingerprint density at radius 1 is 1.21 bits per heavy atom. The maximum atomic E-state index is 11.6. The molecule has 0 spiro atoms. The zero-order valence-electron chi connectivity index (χ0n) is 16.0. The number of hydrogen-bond donors (Lipinski definition) is 0. The lowest BCUT2D eigenvalue weighted by atomic mass is 9.97. The van der Waals surface area contributed by atoms with Gasteiger partial charge in [-0.25, -0.2) is 0 Å². The third-order valence-electron chi connectivity index (χ3n) is 4.74. The van der Waals surface area contributed by atoms with Crippen LogP contribution in [0.25, 0.3) is 22.0 Å². The number of rotatable bonds is 5. The van der Waals surface area contributed by atoms with Crippen LogP contribution in [0.3, 0.4) is 0 Å². The van der Waals surface area contributed by atoms with E-state index in [2.05, 4.69) is 10.2 Å². The van der Waals surface area contributed by atoms with Crippen LogP contribution >= 0.6 is 11.8 Å². The van der Waals surface area contributed by atoms with Gasteiger partial charge in [-0.2, -0.15) is 5.10 Å². The summed E-state index contributed by atoms with van der Waals surface area (Å²) in [6.45, 7) is 1.53. The van der Waals surface area contributed by atoms with Crippen LogP contribution in [0.4, 0.5) is 5.69 Å². The van der Waals surface area contributed by atoms with E-state index >= 15 is 0 Å². The highest BCUT2D eigenvalue weighted by Gasteiger charge is 2.20. The SMILES string of the molecule is CC(=O)CSC1=NN=C(c2cc(-c3cccc4c3ccn4C)cc([N+](=O)[O-])c2)C1. The van der Waals surface area contributed by atoms with Crippen molar-refractivity contribution in [3.63, 3.8) is 0 Å². The first kappa shape index (κ1) is 19.1. The van der Waals surface area contributed by atoms with E-state index in [1.165, 1.54) is 24.8 Å². The van der Waals surface area contributed by atoms with Gasteiger partial charge in [0.05, 0.1) is 16.4 Å². The van der Waals surface area contributed by atoms with Crippen molar-refractivity contribution >= 4 is 44.9 Å². The summed E-state index contributed by atoms with van der Waals surface area (Å²) in [5, 5.41) is 21.7. The fourth-order valence-electron chi connectivity index (χ4n) is 3.35. The van der Waals surface area contributed by atoms with Crippen molar-refractivity contribution < 1.29 is 9.72 Å². The molecule has 0 saturated heterocycles. The minimum atomic E-state index is -0.389. The number of carbonyl (C=O) groups excluding carboxylic acids is 1. The molecule has 1 aliphatic rings. The molecule has 0 N–H and O–H groups in total. The zero-order chi connectivity index (χ0) is 20.5. The largest absolute Gasteiger partial charge is 0.351 e. The molecule has 0 radical (unpaired) electrons. The Bertz CT molecular complexity index is 1210. The summed E-state index contributed by atoms with van der Waals surface area (Å²) in [7, 11) is 1.97. The molecule has 4 rings (SSSR count). The van der Waals surface area contributed by atoms with Gasteiger partial charge in [-0.1, -0.05) is 12.1 Å². The van der Waals surface area contributed by atoms with Crippen molar-refractivity contribution in [1.82, 2.24) is 4.57 Å². The van der Waals surface area contributed by atoms with Crippen LogP contribution < -0.4 is 0 Å². The normalized spacial score (nSPS) is 13.4. The second kappa shape index (κ2) is 7.63. The minimum Gasteiger partial charge on any atom is -0.351 e. The number of ketones is 1. The van der Waals surface area contributed by atoms with Gasteiger partial charge in [-0.05, 0) is 36.2 Å². The monoisotopic (exact) mass is 406 g/mol. The van der Waals surface area contributed by atoms with Gasteiger partial charge in [-0.15, -0.1) is 16.9 Å². The highest BCUT2D eigenvalue weighted by Crippen LogP contribution is 2.33. The first-order valence-electron chi connectivity index (χ1n) is 9.02. The second-order valence-electron chi connectivity index (χ2n) is 6.90. The molecule has 0 atom stereocenters. The molecule has 0 amide bonds. The number of benzene rings is 2. The van der Waals surface area contributed by atoms with Crippen molar-refractivity contribution in [1.29, 1.82) is 0 Å². The number of nitro benzene ring substituents is 1. The van der Waals surface area contributed by atoms with Crippen LogP contribution in [-0.2, 0) is 11.8 Å². The number of Topliss-reactive ketones (excluding diaryl/α,β-unsaturated/α-hetero) is 1. The summed E-state index contributed by atoms with van der Waals surface area (Å²) < 4.78 is 2.02. The maximum absolute atomic E-state index is 11.6. The van der Waals surface area contributed by atoms with Crippen molar-refractivity contribution in [2.24, 2.45) is 17.3 Å². The van der Waals surface area contributed by atoms with Gasteiger partial charge in [0, 0.05) is 48.3 Å². The van der Waals surface area contributed by atoms with Gasteiger partial charge in [0.25, 0.3) is 5.69 Å². The van der Waals surface area contributed by atoms with E-state index in [0.717, 1.165) is 27.1 Å². The van der Waals surface area contributed by atoms with E-state index in [1.54, 1.807) is 6.07 Å². The van der Waals surface area contributed by atoms with Crippen LogP contribution in [0.1, 0.15) is 18.9 Å². The standard InChI is InChI=1S/C21H18N4O3S/c1-13(26)12-29-21-11-19(22-23-21)15-8-14(9-16(10-15)25(27)28)17-4-3-5-20-18(17)6-7-24(20)2/h3-10H,11-12H2,1-2H3. The maximum Gasteiger partial charge on any atom is 0.270 e. The molecular weight excluding hydrogens is 388 g/mol. The lowest BCUT2D eigenvalue weighted by Gasteiger charge is -2.08. The van der Waals surface area contributed by atoms with Gasteiger partial charge in [0.2, 0.25) is 0 Å². The molecule has 0 fully saturated rings. The number of nitro groups is 1. The fraction of sp³-hybridized carbons (Fsp3) is 0.190. The highest BCUT2D eigenvalue weighted by molar-refractivity contribution is 8.14. The Morgan fingerprint density at radius 3 is 2.76 bits per heavy atom. The molecule has 146 valence electrons. The number of fused-ring (bicyclic) bond motifs is 1. The summed E-state index contributed by atoms with van der Waals surface area (Å²) in [6, 6.07) is 13.0. The molecular formula is C21H18N4O3S. The van der Waals surface area contributed by atoms with E-state index in [9.17, 15) is 14.9 Å². The van der Waals surface area contributed by atoms with Crippen molar-refractivity contribution in [2.45, 2.75) is 13.3 Å². The molecule has 8 heteroatoms. The predicted molar refractivity (Wildman–Crippen MR) is 117 cm³/mol. The minimum absolute atomic E-state index is 0.0120. The molecule has 0 aliphatic carbocycles. The Morgan fingerprint density at radius 2 is 2.00 bits per heavy atom. The van der Waals surface area contributed by atoms with Crippen molar-refractivity contribution in [2.75, 3.05) is 5.75 Å². The van der Waals surface area contributed by atoms with Crippen LogP contribution in [0.5, 0.6) is 0 Å². The van der Waals surface area contributed by atoms with Crippen LogP contribution in [-0.4, -0.2) is 31.8 Å². The molecule has 0 bridgehead atoms. The van der Waals surface area contributed by atoms with E-state index in [4.69, 9.17) is 0 Å². The van der Waals surface area contributed by atoms with E-state index in [0.29, 0.717) is 23.4 Å². The Kier molecular flexibility index (Phi) is 5.02. The molecule has 2 aromatic carbocycles. The van der Waals surface area contributed by atoms with Gasteiger partial charge in [0.1, 0.15) is 10.8 Å². The smallest absolute Gasteiger partial charge is 0.270 e. The summed E-state index contributed by atoms with van der Waals surface area (Å²) >= 11 is 1.36. The molecule has 0 unspecified atom stereocenters. The average molecular weight is 406 g/mol. The molecule has 0 saturated carbocycles. The summed E-state index contributed by atoms with van der Waals surface area (Å²) in [5.41, 5.74) is 4.10. The Balaban J connectivity index is 1.73. The van der Waals surface area contributed by atoms with Crippen LogP contribution in [0, 0.1) is 10.1 Å². The lowest BCUT2D eigenvalue weighted by Crippen LogP contribution is -2.05. The Hall–Kier alpha value is -3.26. The number of thioether (sulfide) groups is 1. The first-order valence-corrected chi connectivity index (χ1v) is 10.0. The van der Waals surface area contributed by atoms with Crippen LogP contribution in [0.15, 0.2) is 58.9 Å². The van der Waals surface area contributed by atoms with E-state index < -0.39 is 0 Å². The van der Waals surface area contributed by atoms with E-state index in [-0.39, 0.29) is 16.4 Å². The molecule has 29 heavy (non-hydrogen) atoms. The van der Waals surface area contributed by atoms with Crippen LogP contribution in [0.2, 0.25) is 0 Å². The third-order valence-corrected chi connectivity index (χ3v) is 5.85. The number of aromatic nitrogens is 1. The molecule has 1 aromatic heterocycles. The number of aryl methyl sites for hydroxylation is 1. The third kappa shape index (κ3) is 3.84. The Labute approximate surface area is 171 Å². The second-order valence-corrected chi connectivity index (χ2v) is 7.95. The number of hydrogen-bond acceptors (Lipinski definition) is 6. The summed E-state index contributed by atoms with van der Waals surface area (Å²) in [5.74, 6) is 0.414. The van der Waals surface area contributed by atoms with Crippen molar-refractivity contribution in [3.8, 4) is 11.1 Å². The molecule has 1 aliphatic heterocycles. The molecule has 2 heterocycles. The van der Waals surface area contributed by atoms with Gasteiger partial charge >= 0.3 is 0 Å². The van der Waals surface area contributed by atoms with Crippen molar-refractivity contribution in [3.05, 3.63) is 64.3 Å². The average Bonchev–Trinajstić information content (AvgIpc) is 3.33. The quantitative estimate of drug-likeness (QED) is 0.458. The predicted octanol–water partition coefficient (Wildman–Crippen LogP) is 4.58. The zero-order valence-corrected chi connectivity index (χ0v) is 16.8. The summed E-state index contributed by atoms with van der Waals surface area (Å²) in [4.78, 5) is 22.4. The van der Waals surface area contributed by atoms with Gasteiger partial charge in [-0.3, -0.25) is 14.9 Å². The van der Waals surface area contributed by atoms with Gasteiger partial charge in [0.15, 0.2) is 0 Å². The highest BCUT2D eigenvalue weighted by atomic mass is 32.2. The molecule has 7 nitrogen and oxygen atoms in total. The lowest BCUT2D eigenvalue weighted by molar-refractivity contribution is -0.384. The number of non-ortho nitro benzene ring substituents is 1. The number of carbonyl (C=O) groups is 1. The first-order chi connectivity index (χ1) is 13.9. The number of nitrogens with zero attached hydrogens (tertiary/aromatic N) is 4. The summed E-state index contributed by atoms with van der Waals surface area (Å²) in [6.07, 6.45) is 2.44. The topological polar surface area (TPSA) is 89.9 Å². The van der Waals surface area contributed by atoms with Gasteiger partial charge < -0.3 is 4.57 Å². The fourth-order valence-corrected chi connectivity index (χ4v) is 4.05. The molecule has 3 aromatic rings.